The molecule has 0 saturated heterocycles. The van der Waals surface area contributed by atoms with E-state index in [4.69, 9.17) is 9.78 Å². The number of rotatable bonds is 6. The Hall–Kier alpha value is -5.18. The predicted molar refractivity (Wildman–Crippen MR) is 134 cm³/mol. The van der Waals surface area contributed by atoms with E-state index in [1.165, 1.54) is 54.4 Å². The first kappa shape index (κ1) is 26.9. The Morgan fingerprint density at radius 1 is 1.10 bits per heavy atom. The van der Waals surface area contributed by atoms with Crippen molar-refractivity contribution < 1.29 is 37.2 Å². The third kappa shape index (κ3) is 5.15. The Morgan fingerprint density at radius 2 is 1.82 bits per heavy atom. The van der Waals surface area contributed by atoms with Crippen molar-refractivity contribution in [1.29, 1.82) is 5.26 Å². The fourth-order valence-electron chi connectivity index (χ4n) is 4.05. The lowest BCUT2D eigenvalue weighted by Crippen LogP contribution is -2.26. The lowest BCUT2D eigenvalue weighted by molar-refractivity contribution is -0.137. The van der Waals surface area contributed by atoms with Gasteiger partial charge in [-0.15, -0.1) is 0 Å². The molecule has 0 saturated carbocycles. The Bertz CT molecular complexity index is 1670. The number of carbonyl (C=O) groups is 3. The van der Waals surface area contributed by atoms with Crippen LogP contribution in [0.4, 0.5) is 24.5 Å². The van der Waals surface area contributed by atoms with Gasteiger partial charge in [0.25, 0.3) is 5.91 Å². The van der Waals surface area contributed by atoms with E-state index >= 15 is 0 Å². The molecule has 12 heteroatoms. The lowest BCUT2D eigenvalue weighted by Gasteiger charge is -2.22. The smallest absolute Gasteiger partial charge is 0.417 e. The largest absolute Gasteiger partial charge is 0.478 e. The van der Waals surface area contributed by atoms with Crippen molar-refractivity contribution in [3.8, 4) is 17.2 Å². The molecule has 2 N–H and O–H groups in total. The SMILES string of the molecule is CCC(=O)N(C)c1cc2c(C(=O)Nc3ccc(C#N)cc3C(=O)O)noc2cc1-c1ccccc1C(F)(F)F. The zero-order valence-corrected chi connectivity index (χ0v) is 20.5. The highest BCUT2D eigenvalue weighted by Gasteiger charge is 2.34. The van der Waals surface area contributed by atoms with Crippen molar-refractivity contribution in [3.63, 3.8) is 0 Å². The van der Waals surface area contributed by atoms with Crippen LogP contribution in [0.15, 0.2) is 59.1 Å². The molecule has 1 heterocycles. The second-order valence-electron chi connectivity index (χ2n) is 8.38. The number of nitrogens with one attached hydrogen (secondary N) is 1. The van der Waals surface area contributed by atoms with Gasteiger partial charge in [0.05, 0.1) is 39.5 Å². The fraction of sp³-hybridized carbons (Fsp3) is 0.148. The highest BCUT2D eigenvalue weighted by atomic mass is 19.4. The number of benzene rings is 3. The van der Waals surface area contributed by atoms with E-state index in [0.717, 1.165) is 12.1 Å². The van der Waals surface area contributed by atoms with Crippen LogP contribution >= 0.6 is 0 Å². The minimum Gasteiger partial charge on any atom is -0.478 e. The van der Waals surface area contributed by atoms with Crippen LogP contribution in [0.5, 0.6) is 0 Å². The topological polar surface area (TPSA) is 137 Å². The maximum absolute atomic E-state index is 13.8. The van der Waals surface area contributed by atoms with Crippen molar-refractivity contribution in [2.45, 2.75) is 19.5 Å². The van der Waals surface area contributed by atoms with Gasteiger partial charge < -0.3 is 19.8 Å². The van der Waals surface area contributed by atoms with Gasteiger partial charge in [0.1, 0.15) is 0 Å². The summed E-state index contributed by atoms with van der Waals surface area (Å²) in [5, 5.41) is 24.8. The molecule has 4 aromatic rings. The summed E-state index contributed by atoms with van der Waals surface area (Å²) in [5.74, 6) is -2.66. The van der Waals surface area contributed by atoms with Gasteiger partial charge in [-0.1, -0.05) is 30.3 Å². The van der Waals surface area contributed by atoms with Crippen LogP contribution < -0.4 is 10.2 Å². The number of carboxylic acids is 1. The first-order valence-corrected chi connectivity index (χ1v) is 11.4. The Labute approximate surface area is 219 Å². The average Bonchev–Trinajstić information content (AvgIpc) is 3.34. The highest BCUT2D eigenvalue weighted by molar-refractivity contribution is 6.14. The highest BCUT2D eigenvalue weighted by Crippen LogP contribution is 2.42. The van der Waals surface area contributed by atoms with Gasteiger partial charge >= 0.3 is 12.1 Å². The quantitative estimate of drug-likeness (QED) is 0.322. The van der Waals surface area contributed by atoms with Gasteiger partial charge in [-0.3, -0.25) is 9.59 Å². The third-order valence-electron chi connectivity index (χ3n) is 5.99. The maximum Gasteiger partial charge on any atom is 0.417 e. The summed E-state index contributed by atoms with van der Waals surface area (Å²) in [6, 6.07) is 12.9. The molecular weight excluding hydrogens is 517 g/mol. The van der Waals surface area contributed by atoms with Crippen molar-refractivity contribution in [2.24, 2.45) is 0 Å². The van der Waals surface area contributed by atoms with Crippen molar-refractivity contribution in [3.05, 3.63) is 77.0 Å². The van der Waals surface area contributed by atoms with E-state index in [1.54, 1.807) is 6.92 Å². The minimum absolute atomic E-state index is 0.0306. The number of hydrogen-bond acceptors (Lipinski definition) is 6. The third-order valence-corrected chi connectivity index (χ3v) is 5.99. The molecule has 0 aliphatic carbocycles. The molecule has 0 atom stereocenters. The van der Waals surface area contributed by atoms with E-state index in [1.807, 2.05) is 6.07 Å². The molecule has 0 bridgehead atoms. The summed E-state index contributed by atoms with van der Waals surface area (Å²) < 4.78 is 46.8. The number of nitriles is 1. The van der Waals surface area contributed by atoms with E-state index < -0.39 is 29.5 Å². The molecule has 0 fully saturated rings. The number of aromatic carboxylic acids is 1. The van der Waals surface area contributed by atoms with Gasteiger partial charge in [0.2, 0.25) is 5.91 Å². The number of anilines is 2. The van der Waals surface area contributed by atoms with Crippen LogP contribution in [0.1, 0.15) is 45.3 Å². The van der Waals surface area contributed by atoms with Crippen LogP contribution in [0.25, 0.3) is 22.1 Å². The predicted octanol–water partition coefficient (Wildman–Crippen LogP) is 5.71. The van der Waals surface area contributed by atoms with Crippen LogP contribution in [0, 0.1) is 11.3 Å². The molecule has 0 aliphatic rings. The van der Waals surface area contributed by atoms with Gasteiger partial charge in [-0.05, 0) is 42.0 Å². The number of hydrogen-bond donors (Lipinski definition) is 2. The maximum atomic E-state index is 13.8. The summed E-state index contributed by atoms with van der Waals surface area (Å²) >= 11 is 0. The molecule has 3 aromatic carbocycles. The monoisotopic (exact) mass is 536 g/mol. The fourth-order valence-corrected chi connectivity index (χ4v) is 4.05. The molecule has 2 amide bonds. The van der Waals surface area contributed by atoms with Crippen LogP contribution in [-0.2, 0) is 11.0 Å². The molecule has 198 valence electrons. The molecule has 0 spiro atoms. The van der Waals surface area contributed by atoms with Gasteiger partial charge in [-0.2, -0.15) is 18.4 Å². The van der Waals surface area contributed by atoms with Crippen molar-refractivity contribution >= 4 is 40.1 Å². The molecule has 0 radical (unpaired) electrons. The average molecular weight is 536 g/mol. The number of alkyl halides is 3. The number of halogens is 3. The second kappa shape index (κ2) is 10.3. The number of amides is 2. The molecular formula is C27H19F3N4O5. The van der Waals surface area contributed by atoms with Gasteiger partial charge in [0, 0.05) is 19.0 Å². The summed E-state index contributed by atoms with van der Waals surface area (Å²) in [7, 11) is 1.40. The molecule has 4 rings (SSSR count). The number of fused-ring (bicyclic) bond motifs is 1. The van der Waals surface area contributed by atoms with Crippen LogP contribution in [0.2, 0.25) is 0 Å². The second-order valence-corrected chi connectivity index (χ2v) is 8.38. The van der Waals surface area contributed by atoms with E-state index in [-0.39, 0.29) is 56.7 Å². The Morgan fingerprint density at radius 3 is 2.46 bits per heavy atom. The minimum atomic E-state index is -4.69. The van der Waals surface area contributed by atoms with E-state index in [9.17, 15) is 32.7 Å². The number of aromatic nitrogens is 1. The summed E-state index contributed by atoms with van der Waals surface area (Å²) in [6.45, 7) is 1.59. The van der Waals surface area contributed by atoms with Gasteiger partial charge in [-0.25, -0.2) is 4.79 Å². The molecule has 1 aromatic heterocycles. The number of carboxylic acid groups (broad SMARTS) is 1. The Balaban J connectivity index is 1.87. The standard InChI is InChI=1S/C27H19F3N4O5/c1-3-23(35)34(2)21-11-18-22(12-16(21)15-6-4-5-7-19(15)27(28,29)30)39-33-24(18)25(36)32-20-9-8-14(13-31)10-17(20)26(37)38/h4-12H,3H2,1-2H3,(H,32,36)(H,37,38). The van der Waals surface area contributed by atoms with Crippen molar-refractivity contribution in [1.82, 2.24) is 5.16 Å². The first-order valence-electron chi connectivity index (χ1n) is 11.4. The van der Waals surface area contributed by atoms with Gasteiger partial charge in [0.15, 0.2) is 11.3 Å². The molecule has 9 nitrogen and oxygen atoms in total. The number of carbonyl (C=O) groups excluding carboxylic acids is 2. The molecule has 39 heavy (non-hydrogen) atoms. The zero-order valence-electron chi connectivity index (χ0n) is 20.5. The van der Waals surface area contributed by atoms with E-state index in [0.29, 0.717) is 0 Å². The normalized spacial score (nSPS) is 11.2. The van der Waals surface area contributed by atoms with E-state index in [2.05, 4.69) is 10.5 Å². The van der Waals surface area contributed by atoms with Crippen molar-refractivity contribution in [2.75, 3.05) is 17.3 Å². The first-order chi connectivity index (χ1) is 18.5. The molecule has 0 unspecified atom stereocenters. The Kier molecular flexibility index (Phi) is 7.09. The summed E-state index contributed by atoms with van der Waals surface area (Å²) in [4.78, 5) is 38.5. The summed E-state index contributed by atoms with van der Waals surface area (Å²) in [6.07, 6.45) is -4.63. The summed E-state index contributed by atoms with van der Waals surface area (Å²) in [5.41, 5.74) is -1.74. The van der Waals surface area contributed by atoms with Crippen LogP contribution in [0.3, 0.4) is 0 Å². The lowest BCUT2D eigenvalue weighted by atomic mass is 9.95. The van der Waals surface area contributed by atoms with Crippen LogP contribution in [-0.4, -0.2) is 35.1 Å². The number of nitrogens with zero attached hydrogens (tertiary/aromatic N) is 3. The zero-order chi connectivity index (χ0) is 28.5. The molecule has 0 aliphatic heterocycles.